The van der Waals surface area contributed by atoms with E-state index in [4.69, 9.17) is 41.1 Å². The van der Waals surface area contributed by atoms with Crippen LogP contribution in [0.5, 0.6) is 0 Å². The third-order valence-corrected chi connectivity index (χ3v) is 7.78. The number of Topliss-reactive ketones (excluding diaryl/α,β-unsaturated/α-hetero) is 2. The highest BCUT2D eigenvalue weighted by Gasteiger charge is 2.56. The van der Waals surface area contributed by atoms with Crippen molar-refractivity contribution in [3.8, 4) is 12.3 Å². The molecule has 0 aliphatic carbocycles. The van der Waals surface area contributed by atoms with Crippen molar-refractivity contribution < 1.29 is 89.2 Å². The van der Waals surface area contributed by atoms with Gasteiger partial charge in [-0.3, -0.25) is 0 Å². The number of aliphatic hydroxyl groups is 8. The van der Waals surface area contributed by atoms with E-state index < -0.39 is 124 Å². The second-order valence-electron chi connectivity index (χ2n) is 11.4. The van der Waals surface area contributed by atoms with Crippen LogP contribution in [0, 0.1) is 24.2 Å². The topological polar surface area (TPSA) is 356 Å². The molecule has 0 aromatic carbocycles. The van der Waals surface area contributed by atoms with Gasteiger partial charge in [0, 0.05) is 42.4 Å². The number of carbonyl (C=O) groups is 4. The first-order chi connectivity index (χ1) is 22.9. The Morgan fingerprint density at radius 1 is 0.857 bits per heavy atom. The van der Waals surface area contributed by atoms with Gasteiger partial charge in [-0.25, -0.2) is 9.59 Å². The third kappa shape index (κ3) is 11.6. The summed E-state index contributed by atoms with van der Waals surface area (Å²) in [5, 5.41) is 100.0. The maximum absolute atomic E-state index is 11.6. The quantitative estimate of drug-likeness (QED) is 0.0301. The smallest absolute Gasteiger partial charge is 0.364 e. The lowest BCUT2D eigenvalue weighted by Crippen LogP contribution is -2.62. The first-order valence-electron chi connectivity index (χ1n) is 14.7. The zero-order chi connectivity index (χ0) is 37.7. The maximum Gasteiger partial charge on any atom is 0.364 e. The number of carboxylic acid groups (broad SMARTS) is 2. The van der Waals surface area contributed by atoms with E-state index in [2.05, 4.69) is 15.9 Å². The second-order valence-corrected chi connectivity index (χ2v) is 11.4. The Labute approximate surface area is 279 Å². The van der Waals surface area contributed by atoms with Crippen molar-refractivity contribution in [3.63, 3.8) is 0 Å². The minimum atomic E-state index is -2.46. The fourth-order valence-corrected chi connectivity index (χ4v) is 5.37. The Kier molecular flexibility index (Phi) is 17.6. The molecule has 2 aliphatic rings. The van der Waals surface area contributed by atoms with E-state index in [0.29, 0.717) is 0 Å². The van der Waals surface area contributed by atoms with Crippen LogP contribution >= 0.6 is 0 Å². The lowest BCUT2D eigenvalue weighted by atomic mass is 9.80. The molecule has 278 valence electrons. The van der Waals surface area contributed by atoms with Crippen molar-refractivity contribution in [1.29, 1.82) is 0 Å². The summed E-state index contributed by atoms with van der Waals surface area (Å²) >= 11 is 0. The summed E-state index contributed by atoms with van der Waals surface area (Å²) in [5.74, 6) is -8.65. The van der Waals surface area contributed by atoms with Gasteiger partial charge in [-0.1, -0.05) is 11.0 Å². The van der Waals surface area contributed by atoms with E-state index in [1.807, 2.05) is 0 Å². The van der Waals surface area contributed by atoms with Crippen molar-refractivity contribution >= 4 is 23.5 Å². The summed E-state index contributed by atoms with van der Waals surface area (Å²) in [6.07, 6.45) is -9.25. The van der Waals surface area contributed by atoms with Crippen molar-refractivity contribution in [2.24, 2.45) is 17.0 Å². The van der Waals surface area contributed by atoms with E-state index in [9.17, 15) is 60.0 Å². The molecule has 49 heavy (non-hydrogen) atoms. The van der Waals surface area contributed by atoms with Crippen molar-refractivity contribution in [2.45, 2.75) is 99.9 Å². The van der Waals surface area contributed by atoms with E-state index in [1.165, 1.54) is 13.8 Å². The minimum absolute atomic E-state index is 0.216. The lowest BCUT2D eigenvalue weighted by Gasteiger charge is -2.46. The lowest BCUT2D eigenvalue weighted by molar-refractivity contribution is -0.318. The molecule has 0 aromatic rings. The number of carboxylic acids is 2. The van der Waals surface area contributed by atoms with E-state index in [0.717, 1.165) is 0 Å². The summed E-state index contributed by atoms with van der Waals surface area (Å²) in [4.78, 5) is 48.4. The number of aliphatic carboxylic acids is 2. The van der Waals surface area contributed by atoms with Crippen LogP contribution in [-0.2, 0) is 38.1 Å². The van der Waals surface area contributed by atoms with Crippen LogP contribution in [0.3, 0.4) is 0 Å². The SMILES string of the molecule is C#CCO[C@]1(C(=O)O)C[C@@H](O)[C@@H](CC(C)=O)C(C(O)C(O)CO)O1.CC(=O)C[C@H]1C(C(O)C(O)CO)O[C@@](OCN=[N+]=[N-])(C(=O)O)C[C@H]1O. The number of ketones is 2. The van der Waals surface area contributed by atoms with Crippen LogP contribution in [0.2, 0.25) is 0 Å². The molecule has 2 rings (SSSR count). The molecular weight excluding hydrogens is 666 g/mol. The Hall–Kier alpha value is -3.33. The molecule has 0 amide bonds. The highest BCUT2D eigenvalue weighted by Crippen LogP contribution is 2.39. The molecule has 0 radical (unpaired) electrons. The predicted octanol–water partition coefficient (Wildman–Crippen LogP) is -3.61. The van der Waals surface area contributed by atoms with Gasteiger partial charge in [0.1, 0.15) is 49.3 Å². The standard InChI is InChI=1S/C15H22O9.C13H21N3O9/c1-3-4-23-15(14(21)22)6-10(18)9(5-8(2)17)13(24-15)12(20)11(19)7-16;1-6(18)2-7-8(19)3-13(12(22)23,24-5-15-16-14)25-11(7)10(21)9(20)4-17/h1,9-13,16,18-20H,4-7H2,2H3,(H,21,22);7-11,17,19-21H,2-5H2,1H3,(H,22,23)/t9-,10-,11?,12?,13?,15-;7-,8-,9?,10?,11?,13-/m11/s1. The van der Waals surface area contributed by atoms with Crippen LogP contribution < -0.4 is 0 Å². The molecular formula is C28H43N3O18. The molecule has 0 saturated carbocycles. The first kappa shape index (κ1) is 43.7. The van der Waals surface area contributed by atoms with Gasteiger partial charge in [-0.2, -0.15) is 0 Å². The molecule has 21 nitrogen and oxygen atoms in total. The van der Waals surface area contributed by atoms with Gasteiger partial charge in [0.2, 0.25) is 0 Å². The van der Waals surface area contributed by atoms with Crippen molar-refractivity contribution in [2.75, 3.05) is 26.6 Å². The van der Waals surface area contributed by atoms with Gasteiger partial charge in [0.15, 0.2) is 0 Å². The Morgan fingerprint density at radius 2 is 1.24 bits per heavy atom. The number of aliphatic hydroxyl groups excluding tert-OH is 8. The molecule has 21 heteroatoms. The number of carbonyl (C=O) groups excluding carboxylic acids is 2. The molecule has 0 spiro atoms. The average Bonchev–Trinajstić information content (AvgIpc) is 3.04. The van der Waals surface area contributed by atoms with E-state index in [-0.39, 0.29) is 24.4 Å². The van der Waals surface area contributed by atoms with Crippen molar-refractivity contribution in [3.05, 3.63) is 10.4 Å². The van der Waals surface area contributed by atoms with Gasteiger partial charge < -0.3 is 79.6 Å². The van der Waals surface area contributed by atoms with E-state index >= 15 is 0 Å². The van der Waals surface area contributed by atoms with Crippen molar-refractivity contribution in [1.82, 2.24) is 0 Å². The molecule has 12 atom stereocenters. The van der Waals surface area contributed by atoms with Gasteiger partial charge in [-0.15, -0.1) is 6.42 Å². The summed E-state index contributed by atoms with van der Waals surface area (Å²) in [6, 6.07) is 0. The highest BCUT2D eigenvalue weighted by atomic mass is 16.7. The normalized spacial score (nSPS) is 32.1. The molecule has 6 unspecified atom stereocenters. The molecule has 0 aromatic heterocycles. The van der Waals surface area contributed by atoms with Crippen LogP contribution in [0.15, 0.2) is 5.11 Å². The second kappa shape index (κ2) is 19.8. The number of terminal acetylenes is 1. The summed E-state index contributed by atoms with van der Waals surface area (Å²) in [5.41, 5.74) is 8.26. The van der Waals surface area contributed by atoms with Gasteiger partial charge in [0.25, 0.3) is 11.6 Å². The predicted molar refractivity (Wildman–Crippen MR) is 157 cm³/mol. The molecule has 10 N–H and O–H groups in total. The van der Waals surface area contributed by atoms with Crippen LogP contribution in [0.25, 0.3) is 10.4 Å². The highest BCUT2D eigenvalue weighted by molar-refractivity contribution is 5.78. The third-order valence-electron chi connectivity index (χ3n) is 7.78. The number of hydrogen-bond acceptors (Lipinski definition) is 17. The zero-order valence-corrected chi connectivity index (χ0v) is 26.6. The van der Waals surface area contributed by atoms with Gasteiger partial charge in [-0.05, 0) is 19.4 Å². The van der Waals surface area contributed by atoms with Gasteiger partial charge in [0.05, 0.1) is 37.6 Å². The minimum Gasteiger partial charge on any atom is -0.477 e. The van der Waals surface area contributed by atoms with Crippen LogP contribution in [-0.4, -0.2) is 162 Å². The van der Waals surface area contributed by atoms with Crippen LogP contribution in [0.1, 0.15) is 39.5 Å². The fraction of sp³-hybridized carbons (Fsp3) is 0.786. The molecule has 2 saturated heterocycles. The Morgan fingerprint density at radius 3 is 1.55 bits per heavy atom. The molecule has 2 fully saturated rings. The maximum atomic E-state index is 11.6. The zero-order valence-electron chi connectivity index (χ0n) is 26.6. The van der Waals surface area contributed by atoms with E-state index in [1.54, 1.807) is 0 Å². The largest absolute Gasteiger partial charge is 0.477 e. The molecule has 0 bridgehead atoms. The molecule has 2 aliphatic heterocycles. The average molecular weight is 710 g/mol. The molecule has 2 heterocycles. The Bertz CT molecular complexity index is 1230. The number of ether oxygens (including phenoxy) is 4. The number of azide groups is 1. The first-order valence-corrected chi connectivity index (χ1v) is 14.7. The number of hydrogen-bond donors (Lipinski definition) is 10. The Balaban J connectivity index is 0.000000490. The summed E-state index contributed by atoms with van der Waals surface area (Å²) in [6.45, 7) is -0.346. The van der Waals surface area contributed by atoms with Crippen LogP contribution in [0.4, 0.5) is 0 Å². The van der Waals surface area contributed by atoms with Gasteiger partial charge >= 0.3 is 11.9 Å². The summed E-state index contributed by atoms with van der Waals surface area (Å²) in [7, 11) is 0. The monoisotopic (exact) mass is 709 g/mol. The number of nitrogens with zero attached hydrogens (tertiary/aromatic N) is 3. The number of rotatable bonds is 17. The fourth-order valence-electron chi connectivity index (χ4n) is 5.37. The summed E-state index contributed by atoms with van der Waals surface area (Å²) < 4.78 is 20.7.